The molecule has 3 heteroatoms. The molecule has 0 aromatic carbocycles. The SMILES string of the molecule is CCC(C)[Si](CC)(NC)NC. The van der Waals surface area contributed by atoms with E-state index in [1.54, 1.807) is 0 Å². The molecule has 0 saturated heterocycles. The molecule has 0 heterocycles. The minimum Gasteiger partial charge on any atom is -0.328 e. The Labute approximate surface area is 71.9 Å². The van der Waals surface area contributed by atoms with Gasteiger partial charge in [0.25, 0.3) is 0 Å². The standard InChI is InChI=1S/C8H22N2Si/c1-6-8(3)11(7-2,9-4)10-5/h8-10H,6-7H2,1-5H3. The van der Waals surface area contributed by atoms with Gasteiger partial charge in [-0.3, -0.25) is 0 Å². The Kier molecular flexibility index (Phi) is 4.96. The van der Waals surface area contributed by atoms with Crippen LogP contribution in [0.5, 0.6) is 0 Å². The van der Waals surface area contributed by atoms with E-state index in [9.17, 15) is 0 Å². The highest BCUT2D eigenvalue weighted by Crippen LogP contribution is 2.22. The average molecular weight is 174 g/mol. The van der Waals surface area contributed by atoms with Crippen LogP contribution in [0.15, 0.2) is 0 Å². The van der Waals surface area contributed by atoms with Crippen LogP contribution in [0.3, 0.4) is 0 Å². The van der Waals surface area contributed by atoms with Crippen molar-refractivity contribution >= 4 is 8.40 Å². The van der Waals surface area contributed by atoms with Gasteiger partial charge in [0.1, 0.15) is 0 Å². The summed E-state index contributed by atoms with van der Waals surface area (Å²) >= 11 is 0. The average Bonchev–Trinajstić information content (AvgIpc) is 2.08. The van der Waals surface area contributed by atoms with Gasteiger partial charge in [-0.1, -0.05) is 27.2 Å². The lowest BCUT2D eigenvalue weighted by Crippen LogP contribution is -2.61. The lowest BCUT2D eigenvalue weighted by Gasteiger charge is -2.34. The Bertz CT molecular complexity index is 94.0. The van der Waals surface area contributed by atoms with Gasteiger partial charge >= 0.3 is 0 Å². The maximum absolute atomic E-state index is 3.49. The van der Waals surface area contributed by atoms with E-state index in [0.717, 1.165) is 5.54 Å². The molecule has 0 aliphatic carbocycles. The van der Waals surface area contributed by atoms with E-state index in [1.165, 1.54) is 12.5 Å². The van der Waals surface area contributed by atoms with Crippen molar-refractivity contribution in [3.8, 4) is 0 Å². The molecule has 0 rings (SSSR count). The minimum absolute atomic E-state index is 0.808. The molecule has 1 unspecified atom stereocenters. The maximum Gasteiger partial charge on any atom is 0.203 e. The van der Waals surface area contributed by atoms with Gasteiger partial charge in [-0.15, -0.1) is 0 Å². The van der Waals surface area contributed by atoms with Gasteiger partial charge < -0.3 is 9.96 Å². The van der Waals surface area contributed by atoms with Gasteiger partial charge in [0.2, 0.25) is 8.40 Å². The summed E-state index contributed by atoms with van der Waals surface area (Å²) in [6.45, 7) is 6.87. The third kappa shape index (κ3) is 2.29. The number of rotatable bonds is 5. The fraction of sp³-hybridized carbons (Fsp3) is 1.00. The third-order valence-corrected chi connectivity index (χ3v) is 7.89. The zero-order valence-electron chi connectivity index (χ0n) is 8.49. The molecule has 0 aromatic heterocycles. The second kappa shape index (κ2) is 4.90. The molecule has 0 aromatic rings. The summed E-state index contributed by atoms with van der Waals surface area (Å²) in [5.41, 5.74) is 0.808. The second-order valence-corrected chi connectivity index (χ2v) is 7.77. The van der Waals surface area contributed by atoms with Crippen LogP contribution in [-0.4, -0.2) is 22.5 Å². The topological polar surface area (TPSA) is 24.1 Å². The summed E-state index contributed by atoms with van der Waals surface area (Å²) in [7, 11) is 2.84. The predicted octanol–water partition coefficient (Wildman–Crippen LogP) is 1.69. The van der Waals surface area contributed by atoms with Crippen molar-refractivity contribution in [2.75, 3.05) is 14.1 Å². The van der Waals surface area contributed by atoms with Gasteiger partial charge in [-0.2, -0.15) is 0 Å². The van der Waals surface area contributed by atoms with Crippen LogP contribution >= 0.6 is 0 Å². The lowest BCUT2D eigenvalue weighted by molar-refractivity contribution is 0.767. The van der Waals surface area contributed by atoms with Crippen LogP contribution in [-0.2, 0) is 0 Å². The van der Waals surface area contributed by atoms with E-state index in [2.05, 4.69) is 44.8 Å². The highest BCUT2D eigenvalue weighted by Gasteiger charge is 2.33. The molecule has 0 saturated carbocycles. The molecule has 0 aliphatic rings. The molecule has 0 fully saturated rings. The second-order valence-electron chi connectivity index (χ2n) is 3.13. The maximum atomic E-state index is 3.49. The molecule has 2 nitrogen and oxygen atoms in total. The molecule has 0 spiro atoms. The molecule has 0 aliphatic heterocycles. The van der Waals surface area contributed by atoms with Crippen molar-refractivity contribution in [2.24, 2.45) is 0 Å². The van der Waals surface area contributed by atoms with Crippen LogP contribution < -0.4 is 9.96 Å². The normalized spacial score (nSPS) is 15.0. The van der Waals surface area contributed by atoms with Crippen molar-refractivity contribution in [3.05, 3.63) is 0 Å². The van der Waals surface area contributed by atoms with Gasteiger partial charge in [0.15, 0.2) is 0 Å². The fourth-order valence-electron chi connectivity index (χ4n) is 1.67. The first kappa shape index (κ1) is 11.1. The number of hydrogen-bond donors (Lipinski definition) is 2. The van der Waals surface area contributed by atoms with Crippen molar-refractivity contribution < 1.29 is 0 Å². The Balaban J connectivity index is 4.26. The van der Waals surface area contributed by atoms with E-state index < -0.39 is 8.40 Å². The van der Waals surface area contributed by atoms with Crippen LogP contribution in [0, 0.1) is 0 Å². The highest BCUT2D eigenvalue weighted by molar-refractivity contribution is 6.76. The summed E-state index contributed by atoms with van der Waals surface area (Å²) in [6.07, 6.45) is 1.27. The first-order chi connectivity index (χ1) is 5.16. The van der Waals surface area contributed by atoms with Crippen LogP contribution in [0.1, 0.15) is 27.2 Å². The Morgan fingerprint density at radius 3 is 1.73 bits per heavy atom. The summed E-state index contributed by atoms with van der Waals surface area (Å²) in [5.74, 6) is 0. The van der Waals surface area contributed by atoms with Gasteiger partial charge in [-0.25, -0.2) is 0 Å². The molecule has 0 radical (unpaired) electrons. The fourth-order valence-corrected chi connectivity index (χ4v) is 5.00. The predicted molar refractivity (Wildman–Crippen MR) is 54.1 cm³/mol. The van der Waals surface area contributed by atoms with Crippen molar-refractivity contribution in [3.63, 3.8) is 0 Å². The summed E-state index contributed by atoms with van der Waals surface area (Å²) in [6, 6.07) is 1.26. The van der Waals surface area contributed by atoms with E-state index >= 15 is 0 Å². The first-order valence-corrected chi connectivity index (χ1v) is 6.83. The zero-order valence-corrected chi connectivity index (χ0v) is 9.49. The quantitative estimate of drug-likeness (QED) is 0.620. The summed E-state index contributed by atoms with van der Waals surface area (Å²) < 4.78 is 0. The van der Waals surface area contributed by atoms with Crippen LogP contribution in [0.4, 0.5) is 0 Å². The van der Waals surface area contributed by atoms with Gasteiger partial charge in [0.05, 0.1) is 0 Å². The largest absolute Gasteiger partial charge is 0.328 e. The zero-order chi connectivity index (χ0) is 8.91. The van der Waals surface area contributed by atoms with Crippen LogP contribution in [0.2, 0.25) is 11.6 Å². The molecular formula is C8H22N2Si. The Hall–Kier alpha value is 0.137. The third-order valence-electron chi connectivity index (χ3n) is 2.90. The van der Waals surface area contributed by atoms with E-state index in [1.807, 2.05) is 0 Å². The van der Waals surface area contributed by atoms with Crippen molar-refractivity contribution in [1.29, 1.82) is 0 Å². The van der Waals surface area contributed by atoms with Crippen molar-refractivity contribution in [1.82, 2.24) is 9.96 Å². The molecule has 11 heavy (non-hydrogen) atoms. The highest BCUT2D eigenvalue weighted by atomic mass is 28.3. The van der Waals surface area contributed by atoms with E-state index in [-0.39, 0.29) is 0 Å². The minimum atomic E-state index is -1.32. The van der Waals surface area contributed by atoms with Crippen molar-refractivity contribution in [2.45, 2.75) is 38.8 Å². The molecule has 1 atom stereocenters. The first-order valence-electron chi connectivity index (χ1n) is 4.54. The van der Waals surface area contributed by atoms with Gasteiger partial charge in [0, 0.05) is 0 Å². The van der Waals surface area contributed by atoms with E-state index in [0.29, 0.717) is 0 Å². The smallest absolute Gasteiger partial charge is 0.203 e. The number of nitrogens with one attached hydrogen (secondary N) is 2. The number of hydrogen-bond acceptors (Lipinski definition) is 2. The van der Waals surface area contributed by atoms with E-state index in [4.69, 9.17) is 0 Å². The summed E-state index contributed by atoms with van der Waals surface area (Å²) in [5, 5.41) is 0. The summed E-state index contributed by atoms with van der Waals surface area (Å²) in [4.78, 5) is 6.99. The lowest BCUT2D eigenvalue weighted by atomic mass is 10.4. The Morgan fingerprint density at radius 2 is 1.64 bits per heavy atom. The molecule has 68 valence electrons. The monoisotopic (exact) mass is 174 g/mol. The van der Waals surface area contributed by atoms with Crippen LogP contribution in [0.25, 0.3) is 0 Å². The molecule has 0 bridgehead atoms. The van der Waals surface area contributed by atoms with Gasteiger partial charge in [-0.05, 0) is 25.7 Å². The molecular weight excluding hydrogens is 152 g/mol. The molecule has 2 N–H and O–H groups in total. The molecule has 0 amide bonds. The Morgan fingerprint density at radius 1 is 1.18 bits per heavy atom.